The molecule has 2 heterocycles. The van der Waals surface area contributed by atoms with E-state index < -0.39 is 6.09 Å². The smallest absolute Gasteiger partial charge is 0.404 e. The molecule has 0 bridgehead atoms. The number of hydrogen-bond acceptors (Lipinski definition) is 6. The zero-order chi connectivity index (χ0) is 26.2. The summed E-state index contributed by atoms with van der Waals surface area (Å²) in [5.41, 5.74) is 7.87. The lowest BCUT2D eigenvalue weighted by atomic mass is 9.82. The number of pyridine rings is 2. The molecule has 0 saturated heterocycles. The Morgan fingerprint density at radius 2 is 1.68 bits per heavy atom. The van der Waals surface area contributed by atoms with Crippen molar-refractivity contribution in [1.82, 2.24) is 20.6 Å². The van der Waals surface area contributed by atoms with Crippen LogP contribution in [0.25, 0.3) is 22.2 Å². The van der Waals surface area contributed by atoms with Gasteiger partial charge in [-0.15, -0.1) is 0 Å². The number of rotatable bonds is 10. The second kappa shape index (κ2) is 12.2. The van der Waals surface area contributed by atoms with E-state index in [0.29, 0.717) is 48.5 Å². The molecule has 0 spiro atoms. The summed E-state index contributed by atoms with van der Waals surface area (Å²) >= 11 is 0. The van der Waals surface area contributed by atoms with Crippen LogP contribution in [-0.2, 0) is 4.79 Å². The Morgan fingerprint density at radius 3 is 2.32 bits per heavy atom. The second-order valence-corrected chi connectivity index (χ2v) is 9.43. The van der Waals surface area contributed by atoms with Crippen LogP contribution in [0.3, 0.4) is 0 Å². The minimum atomic E-state index is -0.984. The van der Waals surface area contributed by atoms with E-state index >= 15 is 0 Å². The highest BCUT2D eigenvalue weighted by atomic mass is 16.4. The number of nitrogens with two attached hydrogens (primary N) is 1. The molecule has 3 aromatic rings. The van der Waals surface area contributed by atoms with Crippen LogP contribution < -0.4 is 21.7 Å². The average molecular weight is 505 g/mol. The first-order chi connectivity index (χ1) is 17.9. The van der Waals surface area contributed by atoms with E-state index in [1.165, 1.54) is 0 Å². The number of nitrogens with zero attached hydrogens (tertiary/aromatic N) is 2. The molecule has 1 fully saturated rings. The van der Waals surface area contributed by atoms with E-state index in [2.05, 4.69) is 20.9 Å². The Morgan fingerprint density at radius 1 is 0.973 bits per heavy atom. The summed E-state index contributed by atoms with van der Waals surface area (Å²) in [6.07, 6.45) is 4.73. The molecule has 10 heteroatoms. The average Bonchev–Trinajstić information content (AvgIpc) is 2.90. The van der Waals surface area contributed by atoms with Gasteiger partial charge in [0.05, 0.1) is 16.8 Å². The van der Waals surface area contributed by atoms with Gasteiger partial charge in [0.25, 0.3) is 5.91 Å². The van der Waals surface area contributed by atoms with E-state index in [1.807, 2.05) is 30.3 Å². The molecule has 4 rings (SSSR count). The van der Waals surface area contributed by atoms with Gasteiger partial charge in [-0.3, -0.25) is 9.59 Å². The fraction of sp³-hybridized carbons (Fsp3) is 0.370. The van der Waals surface area contributed by atoms with Gasteiger partial charge in [0.15, 0.2) is 0 Å². The number of nitrogens with one attached hydrogen (secondary N) is 3. The first-order valence-corrected chi connectivity index (χ1v) is 12.5. The fourth-order valence-corrected chi connectivity index (χ4v) is 4.68. The molecule has 0 aliphatic heterocycles. The van der Waals surface area contributed by atoms with E-state index in [9.17, 15) is 14.4 Å². The molecule has 1 aliphatic carbocycles. The highest BCUT2D eigenvalue weighted by Crippen LogP contribution is 2.29. The molecule has 10 nitrogen and oxygen atoms in total. The van der Waals surface area contributed by atoms with Gasteiger partial charge in [0.1, 0.15) is 5.82 Å². The molecule has 37 heavy (non-hydrogen) atoms. The van der Waals surface area contributed by atoms with Crippen LogP contribution in [0.1, 0.15) is 42.5 Å². The molecular formula is C27H32N6O4. The first kappa shape index (κ1) is 25.9. The third kappa shape index (κ3) is 7.16. The maximum absolute atomic E-state index is 13.3. The van der Waals surface area contributed by atoms with Crippen LogP contribution in [0.2, 0.25) is 0 Å². The van der Waals surface area contributed by atoms with Gasteiger partial charge in [-0.25, -0.2) is 14.8 Å². The molecule has 194 valence electrons. The van der Waals surface area contributed by atoms with Crippen LogP contribution in [-0.4, -0.2) is 52.6 Å². The maximum atomic E-state index is 13.3. The number of hydrogen-bond donors (Lipinski definition) is 5. The summed E-state index contributed by atoms with van der Waals surface area (Å²) in [6, 6.07) is 13.0. The zero-order valence-corrected chi connectivity index (χ0v) is 20.6. The molecule has 6 N–H and O–H groups in total. The highest BCUT2D eigenvalue weighted by Gasteiger charge is 2.23. The third-order valence-electron chi connectivity index (χ3n) is 6.76. The number of para-hydroxylation sites is 1. The lowest BCUT2D eigenvalue weighted by molar-refractivity contribution is -0.117. The Kier molecular flexibility index (Phi) is 8.50. The van der Waals surface area contributed by atoms with Crippen LogP contribution >= 0.6 is 0 Å². The topological polar surface area (TPSA) is 159 Å². The standard InChI is InChI=1S/C27H32N6O4/c28-24(34)11-12-29-25-10-9-19(16-30-25)23-13-21(20-3-1-2-4-22(20)33-23)26(35)31-14-17-5-7-18(8-6-17)15-32-27(36)37/h1-4,9-10,13,16-18,32H,5-8,11-12,14-15H2,(H2,28,34)(H,29,30)(H,31,35)(H,36,37). The van der Waals surface area contributed by atoms with Crippen molar-refractivity contribution in [2.45, 2.75) is 32.1 Å². The second-order valence-electron chi connectivity index (χ2n) is 9.43. The molecular weight excluding hydrogens is 472 g/mol. The Labute approximate surface area is 215 Å². The minimum Gasteiger partial charge on any atom is -0.465 e. The molecule has 2 aromatic heterocycles. The summed E-state index contributed by atoms with van der Waals surface area (Å²) in [5, 5.41) is 18.2. The maximum Gasteiger partial charge on any atom is 0.404 e. The number of carbonyl (C=O) groups excluding carboxylic acids is 2. The lowest BCUT2D eigenvalue weighted by Crippen LogP contribution is -2.34. The lowest BCUT2D eigenvalue weighted by Gasteiger charge is -2.28. The predicted molar refractivity (Wildman–Crippen MR) is 141 cm³/mol. The van der Waals surface area contributed by atoms with Crippen LogP contribution in [0.15, 0.2) is 48.7 Å². The predicted octanol–water partition coefficient (Wildman–Crippen LogP) is 3.39. The SMILES string of the molecule is NC(=O)CCNc1ccc(-c2cc(C(=O)NCC3CCC(CNC(=O)O)CC3)c3ccccc3n2)cn1. The van der Waals surface area contributed by atoms with Crippen molar-refractivity contribution in [3.63, 3.8) is 0 Å². The molecule has 0 atom stereocenters. The van der Waals surface area contributed by atoms with Gasteiger partial charge in [-0.2, -0.15) is 0 Å². The Hall–Kier alpha value is -4.21. The number of anilines is 1. The van der Waals surface area contributed by atoms with E-state index in [1.54, 1.807) is 18.3 Å². The van der Waals surface area contributed by atoms with Gasteiger partial charge < -0.3 is 26.8 Å². The number of fused-ring (bicyclic) bond motifs is 1. The van der Waals surface area contributed by atoms with E-state index in [0.717, 1.165) is 42.1 Å². The Bertz CT molecular complexity index is 1260. The van der Waals surface area contributed by atoms with Gasteiger partial charge in [0, 0.05) is 43.2 Å². The monoisotopic (exact) mass is 504 g/mol. The van der Waals surface area contributed by atoms with Gasteiger partial charge in [-0.05, 0) is 61.8 Å². The van der Waals surface area contributed by atoms with Crippen molar-refractivity contribution >= 4 is 34.6 Å². The van der Waals surface area contributed by atoms with Crippen molar-refractivity contribution in [2.24, 2.45) is 17.6 Å². The largest absolute Gasteiger partial charge is 0.465 e. The van der Waals surface area contributed by atoms with E-state index in [-0.39, 0.29) is 18.2 Å². The summed E-state index contributed by atoms with van der Waals surface area (Å²) in [4.78, 5) is 44.0. The molecule has 0 unspecified atom stereocenters. The third-order valence-corrected chi connectivity index (χ3v) is 6.76. The van der Waals surface area contributed by atoms with Gasteiger partial charge in [-0.1, -0.05) is 18.2 Å². The molecule has 1 saturated carbocycles. The van der Waals surface area contributed by atoms with Crippen molar-refractivity contribution in [2.75, 3.05) is 25.0 Å². The number of carboxylic acid groups (broad SMARTS) is 1. The molecule has 1 aromatic carbocycles. The molecule has 1 aliphatic rings. The summed E-state index contributed by atoms with van der Waals surface area (Å²) in [7, 11) is 0. The first-order valence-electron chi connectivity index (χ1n) is 12.5. The number of benzene rings is 1. The van der Waals surface area contributed by atoms with Crippen molar-refractivity contribution in [3.8, 4) is 11.3 Å². The van der Waals surface area contributed by atoms with Gasteiger partial charge in [0.2, 0.25) is 5.91 Å². The minimum absolute atomic E-state index is 0.146. The molecule has 0 radical (unpaired) electrons. The molecule has 3 amide bonds. The summed E-state index contributed by atoms with van der Waals surface area (Å²) in [6.45, 7) is 1.47. The van der Waals surface area contributed by atoms with Crippen LogP contribution in [0.5, 0.6) is 0 Å². The normalized spacial score (nSPS) is 17.2. The van der Waals surface area contributed by atoms with Gasteiger partial charge >= 0.3 is 6.09 Å². The number of primary amides is 1. The van der Waals surface area contributed by atoms with Crippen molar-refractivity contribution < 1.29 is 19.5 Å². The highest BCUT2D eigenvalue weighted by molar-refractivity contribution is 6.07. The number of amides is 3. The fourth-order valence-electron chi connectivity index (χ4n) is 4.68. The summed E-state index contributed by atoms with van der Waals surface area (Å²) in [5.74, 6) is 0.824. The Balaban J connectivity index is 1.43. The van der Waals surface area contributed by atoms with Crippen LogP contribution in [0.4, 0.5) is 10.6 Å². The van der Waals surface area contributed by atoms with Crippen LogP contribution in [0, 0.1) is 11.8 Å². The zero-order valence-electron chi connectivity index (χ0n) is 20.6. The number of aromatic nitrogens is 2. The van der Waals surface area contributed by atoms with Crippen molar-refractivity contribution in [3.05, 3.63) is 54.2 Å². The quantitative estimate of drug-likeness (QED) is 0.283. The summed E-state index contributed by atoms with van der Waals surface area (Å²) < 4.78 is 0. The van der Waals surface area contributed by atoms with E-state index in [4.69, 9.17) is 15.8 Å². The van der Waals surface area contributed by atoms with Crippen molar-refractivity contribution in [1.29, 1.82) is 0 Å². The number of carbonyl (C=O) groups is 3.